The van der Waals surface area contributed by atoms with Gasteiger partial charge in [0.25, 0.3) is 5.91 Å². The lowest BCUT2D eigenvalue weighted by molar-refractivity contribution is -0.123. The average Bonchev–Trinajstić information content (AvgIpc) is 2.23. The van der Waals surface area contributed by atoms with E-state index in [9.17, 15) is 4.79 Å². The molecule has 0 heterocycles. The molecule has 1 aromatic carbocycles. The summed E-state index contributed by atoms with van der Waals surface area (Å²) in [5.41, 5.74) is 0. The van der Waals surface area contributed by atoms with Crippen LogP contribution in [-0.2, 0) is 4.79 Å². The van der Waals surface area contributed by atoms with Gasteiger partial charge in [0.15, 0.2) is 6.61 Å². The van der Waals surface area contributed by atoms with Crippen LogP contribution in [0.1, 0.15) is 19.3 Å². The Bertz CT molecular complexity index is 413. The minimum atomic E-state index is -0.113. The van der Waals surface area contributed by atoms with Crippen molar-refractivity contribution in [1.29, 1.82) is 0 Å². The van der Waals surface area contributed by atoms with E-state index in [1.54, 1.807) is 18.2 Å². The second-order valence-corrected chi connectivity index (χ2v) is 5.37. The number of amides is 1. The Hall–Kier alpha value is -0.930. The third-order valence-corrected chi connectivity index (χ3v) is 3.46. The van der Waals surface area contributed by atoms with E-state index in [-0.39, 0.29) is 12.5 Å². The Labute approximate surface area is 116 Å². The highest BCUT2D eigenvalue weighted by Gasteiger charge is 2.17. The van der Waals surface area contributed by atoms with Gasteiger partial charge in [0.1, 0.15) is 5.75 Å². The lowest BCUT2D eigenvalue weighted by Crippen LogP contribution is -2.35. The molecule has 0 aromatic heterocycles. The maximum Gasteiger partial charge on any atom is 0.257 e. The standard InChI is InChI=1S/C13H15Cl2NO2/c14-10-4-11(15)6-12(5-10)18-8-13(17)16-7-9-2-1-3-9/h4-6,9H,1-3,7-8H2,(H,16,17). The van der Waals surface area contributed by atoms with Crippen LogP contribution >= 0.6 is 23.2 Å². The number of carbonyl (C=O) groups excluding carboxylic acids is 1. The lowest BCUT2D eigenvalue weighted by atomic mass is 9.85. The Morgan fingerprint density at radius 3 is 2.50 bits per heavy atom. The SMILES string of the molecule is O=C(COc1cc(Cl)cc(Cl)c1)NCC1CCC1. The van der Waals surface area contributed by atoms with Crippen LogP contribution in [0.4, 0.5) is 0 Å². The van der Waals surface area contributed by atoms with E-state index < -0.39 is 0 Å². The molecule has 2 rings (SSSR count). The molecule has 0 atom stereocenters. The maximum atomic E-state index is 11.5. The molecule has 0 radical (unpaired) electrons. The van der Waals surface area contributed by atoms with Gasteiger partial charge >= 0.3 is 0 Å². The van der Waals surface area contributed by atoms with Gasteiger partial charge in [0, 0.05) is 16.6 Å². The summed E-state index contributed by atoms with van der Waals surface area (Å²) in [7, 11) is 0. The van der Waals surface area contributed by atoms with Gasteiger partial charge in [-0.15, -0.1) is 0 Å². The molecule has 1 N–H and O–H groups in total. The third-order valence-electron chi connectivity index (χ3n) is 3.02. The Balaban J connectivity index is 1.74. The van der Waals surface area contributed by atoms with E-state index in [2.05, 4.69) is 5.32 Å². The van der Waals surface area contributed by atoms with Crippen LogP contribution in [0, 0.1) is 5.92 Å². The number of benzene rings is 1. The van der Waals surface area contributed by atoms with E-state index in [0.29, 0.717) is 21.7 Å². The average molecular weight is 288 g/mol. The zero-order valence-electron chi connectivity index (χ0n) is 9.92. The molecule has 0 saturated heterocycles. The van der Waals surface area contributed by atoms with Crippen LogP contribution in [0.5, 0.6) is 5.75 Å². The predicted molar refractivity (Wildman–Crippen MR) is 72.3 cm³/mol. The van der Waals surface area contributed by atoms with Gasteiger partial charge in [0.05, 0.1) is 0 Å². The molecule has 18 heavy (non-hydrogen) atoms. The van der Waals surface area contributed by atoms with Crippen LogP contribution in [0.15, 0.2) is 18.2 Å². The Kier molecular flexibility index (Phi) is 4.72. The molecule has 1 amide bonds. The molecule has 98 valence electrons. The van der Waals surface area contributed by atoms with Crippen molar-refractivity contribution in [3.8, 4) is 5.75 Å². The molecule has 0 spiro atoms. The van der Waals surface area contributed by atoms with E-state index in [1.165, 1.54) is 19.3 Å². The number of halogens is 2. The van der Waals surface area contributed by atoms with E-state index >= 15 is 0 Å². The van der Waals surface area contributed by atoms with Crippen molar-refractivity contribution < 1.29 is 9.53 Å². The molecular weight excluding hydrogens is 273 g/mol. The van der Waals surface area contributed by atoms with Crippen LogP contribution in [0.25, 0.3) is 0 Å². The fraction of sp³-hybridized carbons (Fsp3) is 0.462. The molecule has 5 heteroatoms. The van der Waals surface area contributed by atoms with Crippen molar-refractivity contribution in [1.82, 2.24) is 5.32 Å². The summed E-state index contributed by atoms with van der Waals surface area (Å²) in [5, 5.41) is 3.84. The summed E-state index contributed by atoms with van der Waals surface area (Å²) >= 11 is 11.7. The number of ether oxygens (including phenoxy) is 1. The van der Waals surface area contributed by atoms with Crippen LogP contribution in [0.2, 0.25) is 10.0 Å². The third kappa shape index (κ3) is 4.07. The quantitative estimate of drug-likeness (QED) is 0.903. The van der Waals surface area contributed by atoms with Crippen molar-refractivity contribution in [3.63, 3.8) is 0 Å². The van der Waals surface area contributed by atoms with E-state index in [0.717, 1.165) is 6.54 Å². The van der Waals surface area contributed by atoms with Gasteiger partial charge in [-0.05, 0) is 37.0 Å². The molecule has 1 fully saturated rings. The first kappa shape index (κ1) is 13.5. The van der Waals surface area contributed by atoms with E-state index in [1.807, 2.05) is 0 Å². The highest BCUT2D eigenvalue weighted by Crippen LogP contribution is 2.25. The van der Waals surface area contributed by atoms with Crippen molar-refractivity contribution in [2.24, 2.45) is 5.92 Å². The normalized spacial score (nSPS) is 15.0. The first-order valence-electron chi connectivity index (χ1n) is 5.99. The van der Waals surface area contributed by atoms with Gasteiger partial charge in [-0.2, -0.15) is 0 Å². The number of hydrogen-bond donors (Lipinski definition) is 1. The van der Waals surface area contributed by atoms with Crippen molar-refractivity contribution in [3.05, 3.63) is 28.2 Å². The summed E-state index contributed by atoms with van der Waals surface area (Å²) in [4.78, 5) is 11.5. The van der Waals surface area contributed by atoms with Crippen LogP contribution in [0.3, 0.4) is 0 Å². The molecule has 0 bridgehead atoms. The number of hydrogen-bond acceptors (Lipinski definition) is 2. The Morgan fingerprint density at radius 1 is 1.28 bits per heavy atom. The minimum absolute atomic E-state index is 0.0105. The zero-order valence-corrected chi connectivity index (χ0v) is 11.4. The van der Waals surface area contributed by atoms with Gasteiger partial charge < -0.3 is 10.1 Å². The molecular formula is C13H15Cl2NO2. The van der Waals surface area contributed by atoms with Crippen molar-refractivity contribution in [2.75, 3.05) is 13.2 Å². The molecule has 1 aliphatic carbocycles. The topological polar surface area (TPSA) is 38.3 Å². The second kappa shape index (κ2) is 6.30. The van der Waals surface area contributed by atoms with Crippen LogP contribution in [-0.4, -0.2) is 19.1 Å². The Morgan fingerprint density at radius 2 is 1.94 bits per heavy atom. The number of carbonyl (C=O) groups is 1. The molecule has 0 aliphatic heterocycles. The molecule has 1 aliphatic rings. The summed E-state index contributed by atoms with van der Waals surface area (Å²) in [5.74, 6) is 1.04. The van der Waals surface area contributed by atoms with Crippen molar-refractivity contribution in [2.45, 2.75) is 19.3 Å². The number of rotatable bonds is 5. The largest absolute Gasteiger partial charge is 0.484 e. The monoisotopic (exact) mass is 287 g/mol. The van der Waals surface area contributed by atoms with E-state index in [4.69, 9.17) is 27.9 Å². The summed E-state index contributed by atoms with van der Waals surface area (Å²) in [6.07, 6.45) is 3.70. The first-order valence-corrected chi connectivity index (χ1v) is 6.74. The zero-order chi connectivity index (χ0) is 13.0. The second-order valence-electron chi connectivity index (χ2n) is 4.49. The smallest absolute Gasteiger partial charge is 0.257 e. The van der Waals surface area contributed by atoms with Gasteiger partial charge in [-0.3, -0.25) is 4.79 Å². The minimum Gasteiger partial charge on any atom is -0.484 e. The summed E-state index contributed by atoms with van der Waals surface area (Å²) in [6.45, 7) is 0.738. The van der Waals surface area contributed by atoms with Gasteiger partial charge in [-0.25, -0.2) is 0 Å². The van der Waals surface area contributed by atoms with Crippen molar-refractivity contribution >= 4 is 29.1 Å². The lowest BCUT2D eigenvalue weighted by Gasteiger charge is -2.25. The molecule has 1 saturated carbocycles. The first-order chi connectivity index (χ1) is 8.63. The highest BCUT2D eigenvalue weighted by molar-refractivity contribution is 6.34. The van der Waals surface area contributed by atoms with Gasteiger partial charge in [-0.1, -0.05) is 29.6 Å². The highest BCUT2D eigenvalue weighted by atomic mass is 35.5. The summed E-state index contributed by atoms with van der Waals surface area (Å²) in [6, 6.07) is 4.88. The molecule has 1 aromatic rings. The predicted octanol–water partition coefficient (Wildman–Crippen LogP) is 3.29. The van der Waals surface area contributed by atoms with Crippen LogP contribution < -0.4 is 10.1 Å². The molecule has 3 nitrogen and oxygen atoms in total. The fourth-order valence-electron chi connectivity index (χ4n) is 1.77. The number of nitrogens with one attached hydrogen (secondary N) is 1. The maximum absolute atomic E-state index is 11.5. The van der Waals surface area contributed by atoms with Gasteiger partial charge in [0.2, 0.25) is 0 Å². The molecule has 0 unspecified atom stereocenters. The summed E-state index contributed by atoms with van der Waals surface area (Å²) < 4.78 is 5.33. The fourth-order valence-corrected chi connectivity index (χ4v) is 2.27.